The number of aromatic nitrogens is 2. The van der Waals surface area contributed by atoms with E-state index in [0.717, 1.165) is 4.57 Å². The standard InChI is InChI=1S/C19H22FN3O3/c1-4-14-12(2)19(3,20)17(26-14)23-11-10-15(22-18(23)25)21-16(24)13-8-6-5-7-9-13/h5-12,14,17H,4H2,1-3H3,(H,21,22,24,25)/t12-,14-,17+,19-/m1/s1. The van der Waals surface area contributed by atoms with Gasteiger partial charge in [-0.25, -0.2) is 9.18 Å². The lowest BCUT2D eigenvalue weighted by atomic mass is 9.88. The number of carbonyl (C=O) groups excluding carboxylic acids is 1. The summed E-state index contributed by atoms with van der Waals surface area (Å²) in [5, 5.41) is 2.57. The topological polar surface area (TPSA) is 73.2 Å². The minimum Gasteiger partial charge on any atom is -0.351 e. The first-order valence-electron chi connectivity index (χ1n) is 8.64. The maximum absolute atomic E-state index is 15.1. The highest BCUT2D eigenvalue weighted by molar-refractivity contribution is 6.03. The number of nitrogens with zero attached hydrogens (tertiary/aromatic N) is 2. The quantitative estimate of drug-likeness (QED) is 0.910. The molecule has 1 aromatic carbocycles. The van der Waals surface area contributed by atoms with Gasteiger partial charge in [-0.05, 0) is 31.5 Å². The minimum absolute atomic E-state index is 0.110. The fraction of sp³-hybridized carbons (Fsp3) is 0.421. The molecule has 1 aromatic heterocycles. The van der Waals surface area contributed by atoms with Crippen LogP contribution in [0.4, 0.5) is 10.2 Å². The lowest BCUT2D eigenvalue weighted by molar-refractivity contribution is -0.0500. The second-order valence-corrected chi connectivity index (χ2v) is 6.70. The Morgan fingerprint density at radius 3 is 2.62 bits per heavy atom. The highest BCUT2D eigenvalue weighted by Crippen LogP contribution is 2.45. The van der Waals surface area contributed by atoms with Gasteiger partial charge in [0, 0.05) is 17.7 Å². The molecule has 6 nitrogen and oxygen atoms in total. The number of hydrogen-bond acceptors (Lipinski definition) is 4. The number of alkyl halides is 1. The average molecular weight is 359 g/mol. The molecule has 0 aliphatic carbocycles. The summed E-state index contributed by atoms with van der Waals surface area (Å²) in [6.45, 7) is 5.14. The number of nitrogens with one attached hydrogen (secondary N) is 1. The van der Waals surface area contributed by atoms with Gasteiger partial charge in [0.05, 0.1) is 6.10 Å². The summed E-state index contributed by atoms with van der Waals surface area (Å²) >= 11 is 0. The number of carbonyl (C=O) groups is 1. The average Bonchev–Trinajstić information content (AvgIpc) is 2.85. The Morgan fingerprint density at radius 1 is 1.35 bits per heavy atom. The molecule has 1 aliphatic heterocycles. The molecular weight excluding hydrogens is 337 g/mol. The number of halogens is 1. The highest BCUT2D eigenvalue weighted by Gasteiger charge is 2.52. The first kappa shape index (κ1) is 18.3. The molecule has 0 saturated carbocycles. The fourth-order valence-electron chi connectivity index (χ4n) is 3.23. The van der Waals surface area contributed by atoms with Crippen LogP contribution < -0.4 is 11.0 Å². The molecule has 26 heavy (non-hydrogen) atoms. The third-order valence-corrected chi connectivity index (χ3v) is 5.00. The molecule has 1 amide bonds. The molecule has 1 fully saturated rings. The smallest absolute Gasteiger partial charge is 0.351 e. The predicted molar refractivity (Wildman–Crippen MR) is 95.8 cm³/mol. The third-order valence-electron chi connectivity index (χ3n) is 5.00. The first-order valence-corrected chi connectivity index (χ1v) is 8.64. The van der Waals surface area contributed by atoms with E-state index in [1.54, 1.807) is 37.3 Å². The lowest BCUT2D eigenvalue weighted by Crippen LogP contribution is -2.38. The Kier molecular flexibility index (Phi) is 4.91. The molecule has 1 aliphatic rings. The summed E-state index contributed by atoms with van der Waals surface area (Å²) in [6, 6.07) is 10.1. The number of amides is 1. The minimum atomic E-state index is -1.69. The van der Waals surface area contributed by atoms with Gasteiger partial charge in [-0.2, -0.15) is 4.98 Å². The fourth-order valence-corrected chi connectivity index (χ4v) is 3.23. The summed E-state index contributed by atoms with van der Waals surface area (Å²) < 4.78 is 22.0. The largest absolute Gasteiger partial charge is 0.351 e. The van der Waals surface area contributed by atoms with Gasteiger partial charge in [0.2, 0.25) is 0 Å². The van der Waals surface area contributed by atoms with Crippen LogP contribution in [0.5, 0.6) is 0 Å². The van der Waals surface area contributed by atoms with Gasteiger partial charge >= 0.3 is 5.69 Å². The molecule has 1 saturated heterocycles. The zero-order valence-electron chi connectivity index (χ0n) is 15.0. The number of ether oxygens (including phenoxy) is 1. The van der Waals surface area contributed by atoms with Gasteiger partial charge in [-0.3, -0.25) is 9.36 Å². The van der Waals surface area contributed by atoms with Crippen LogP contribution in [0.2, 0.25) is 0 Å². The van der Waals surface area contributed by atoms with E-state index in [-0.39, 0.29) is 23.7 Å². The Labute approximate surface area is 151 Å². The van der Waals surface area contributed by atoms with Crippen molar-refractivity contribution < 1.29 is 13.9 Å². The number of anilines is 1. The Morgan fingerprint density at radius 2 is 2.04 bits per heavy atom. The molecule has 4 atom stereocenters. The van der Waals surface area contributed by atoms with Crippen LogP contribution in [-0.4, -0.2) is 27.2 Å². The molecule has 0 unspecified atom stereocenters. The maximum Gasteiger partial charge on any atom is 0.351 e. The van der Waals surface area contributed by atoms with Crippen LogP contribution in [0.1, 0.15) is 43.8 Å². The van der Waals surface area contributed by atoms with Crippen molar-refractivity contribution in [3.05, 3.63) is 58.6 Å². The van der Waals surface area contributed by atoms with Gasteiger partial charge in [0.25, 0.3) is 5.91 Å². The lowest BCUT2D eigenvalue weighted by Gasteiger charge is -2.25. The van der Waals surface area contributed by atoms with E-state index in [9.17, 15) is 9.59 Å². The van der Waals surface area contributed by atoms with Crippen LogP contribution >= 0.6 is 0 Å². The van der Waals surface area contributed by atoms with E-state index in [1.165, 1.54) is 19.2 Å². The number of benzene rings is 1. The monoisotopic (exact) mass is 359 g/mol. The Bertz CT molecular complexity index is 851. The molecule has 7 heteroatoms. The number of hydrogen-bond donors (Lipinski definition) is 1. The maximum atomic E-state index is 15.1. The van der Waals surface area contributed by atoms with E-state index in [4.69, 9.17) is 4.74 Å². The molecule has 2 aromatic rings. The van der Waals surface area contributed by atoms with Crippen molar-refractivity contribution in [2.75, 3.05) is 5.32 Å². The molecule has 0 bridgehead atoms. The van der Waals surface area contributed by atoms with Crippen molar-refractivity contribution >= 4 is 11.7 Å². The summed E-state index contributed by atoms with van der Waals surface area (Å²) in [5.74, 6) is -0.608. The normalized spacial score (nSPS) is 28.1. The van der Waals surface area contributed by atoms with Crippen LogP contribution in [0.3, 0.4) is 0 Å². The molecular formula is C19H22FN3O3. The van der Waals surface area contributed by atoms with E-state index in [2.05, 4.69) is 10.3 Å². The van der Waals surface area contributed by atoms with Gasteiger partial charge in [0.1, 0.15) is 5.82 Å². The number of rotatable bonds is 4. The third kappa shape index (κ3) is 3.26. The van der Waals surface area contributed by atoms with Gasteiger partial charge in [-0.1, -0.05) is 32.0 Å². The van der Waals surface area contributed by atoms with Crippen molar-refractivity contribution in [2.45, 2.75) is 45.2 Å². The highest BCUT2D eigenvalue weighted by atomic mass is 19.1. The predicted octanol–water partition coefficient (Wildman–Crippen LogP) is 3.17. The van der Waals surface area contributed by atoms with Gasteiger partial charge in [0.15, 0.2) is 11.9 Å². The zero-order valence-corrected chi connectivity index (χ0v) is 15.0. The van der Waals surface area contributed by atoms with Crippen molar-refractivity contribution in [1.82, 2.24) is 9.55 Å². The van der Waals surface area contributed by atoms with Crippen LogP contribution in [0.25, 0.3) is 0 Å². The second-order valence-electron chi connectivity index (χ2n) is 6.70. The van der Waals surface area contributed by atoms with Gasteiger partial charge in [-0.15, -0.1) is 0 Å². The van der Waals surface area contributed by atoms with Crippen LogP contribution in [-0.2, 0) is 4.74 Å². The molecule has 0 spiro atoms. The molecule has 138 valence electrons. The van der Waals surface area contributed by atoms with Crippen molar-refractivity contribution in [3.63, 3.8) is 0 Å². The van der Waals surface area contributed by atoms with Crippen molar-refractivity contribution in [3.8, 4) is 0 Å². The zero-order chi connectivity index (χ0) is 18.9. The Hall–Kier alpha value is -2.54. The van der Waals surface area contributed by atoms with E-state index in [1.807, 2.05) is 6.92 Å². The second kappa shape index (κ2) is 6.99. The SMILES string of the molecule is CC[C@H]1O[C@H](n2ccc(NC(=O)c3ccccc3)nc2=O)[C@](C)(F)[C@@H]1C. The van der Waals surface area contributed by atoms with Crippen LogP contribution in [0, 0.1) is 5.92 Å². The van der Waals surface area contributed by atoms with E-state index in [0.29, 0.717) is 12.0 Å². The summed E-state index contributed by atoms with van der Waals surface area (Å²) in [6.07, 6.45) is 0.758. The van der Waals surface area contributed by atoms with Crippen molar-refractivity contribution in [2.24, 2.45) is 5.92 Å². The van der Waals surface area contributed by atoms with Crippen LogP contribution in [0.15, 0.2) is 47.4 Å². The summed E-state index contributed by atoms with van der Waals surface area (Å²) in [7, 11) is 0. The van der Waals surface area contributed by atoms with E-state index < -0.39 is 17.6 Å². The molecule has 2 heterocycles. The molecule has 3 rings (SSSR count). The Balaban J connectivity index is 1.82. The first-order chi connectivity index (χ1) is 12.3. The van der Waals surface area contributed by atoms with Crippen molar-refractivity contribution in [1.29, 1.82) is 0 Å². The van der Waals surface area contributed by atoms with E-state index >= 15 is 4.39 Å². The van der Waals surface area contributed by atoms with Gasteiger partial charge < -0.3 is 10.1 Å². The molecule has 1 N–H and O–H groups in total. The summed E-state index contributed by atoms with van der Waals surface area (Å²) in [5.41, 5.74) is -1.91. The summed E-state index contributed by atoms with van der Waals surface area (Å²) in [4.78, 5) is 28.4. The molecule has 0 radical (unpaired) electrons.